The van der Waals surface area contributed by atoms with Crippen LogP contribution in [0.3, 0.4) is 0 Å². The summed E-state index contributed by atoms with van der Waals surface area (Å²) < 4.78 is 0. The average Bonchev–Trinajstić information content (AvgIpc) is 2.96. The minimum Gasteiger partial charge on any atom is -0.361 e. The normalized spacial score (nSPS) is 11.0. The summed E-state index contributed by atoms with van der Waals surface area (Å²) in [5.74, 6) is 0.685. The molecule has 0 bridgehead atoms. The molecule has 0 saturated carbocycles. The Morgan fingerprint density at radius 2 is 1.52 bits per heavy atom. The second-order valence-corrected chi connectivity index (χ2v) is 5.97. The summed E-state index contributed by atoms with van der Waals surface area (Å²) in [5, 5.41) is 0. The molecule has 0 fully saturated rings. The lowest BCUT2D eigenvalue weighted by atomic mass is 10.0. The van der Waals surface area contributed by atoms with Gasteiger partial charge in [0.2, 0.25) is 0 Å². The van der Waals surface area contributed by atoms with E-state index < -0.39 is 0 Å². The van der Waals surface area contributed by atoms with Crippen LogP contribution in [-0.4, -0.2) is 4.98 Å². The Balaban J connectivity index is 1.91. The predicted molar refractivity (Wildman–Crippen MR) is 90.2 cm³/mol. The van der Waals surface area contributed by atoms with Gasteiger partial charge in [-0.2, -0.15) is 0 Å². The number of nitrogens with one attached hydrogen (secondary N) is 1. The monoisotopic (exact) mass is 275 g/mol. The van der Waals surface area contributed by atoms with Crippen molar-refractivity contribution in [1.82, 2.24) is 4.98 Å². The van der Waals surface area contributed by atoms with Crippen molar-refractivity contribution in [2.24, 2.45) is 5.92 Å². The first-order valence-electron chi connectivity index (χ1n) is 7.55. The third kappa shape index (κ3) is 3.25. The minimum atomic E-state index is 0.685. The molecule has 0 aliphatic heterocycles. The van der Waals surface area contributed by atoms with Crippen LogP contribution in [-0.2, 0) is 6.42 Å². The van der Waals surface area contributed by atoms with Crippen LogP contribution >= 0.6 is 0 Å². The van der Waals surface area contributed by atoms with Crippen molar-refractivity contribution >= 4 is 0 Å². The largest absolute Gasteiger partial charge is 0.361 e. The Bertz CT molecular complexity index is 707. The van der Waals surface area contributed by atoms with Gasteiger partial charge in [0.25, 0.3) is 0 Å². The molecule has 21 heavy (non-hydrogen) atoms. The number of aromatic nitrogens is 1. The molecule has 0 spiro atoms. The maximum absolute atomic E-state index is 3.41. The molecule has 0 saturated heterocycles. The Morgan fingerprint density at radius 3 is 2.29 bits per heavy atom. The van der Waals surface area contributed by atoms with Gasteiger partial charge in [0.1, 0.15) is 0 Å². The lowest BCUT2D eigenvalue weighted by molar-refractivity contribution is 0.648. The molecule has 1 nitrogen and oxygen atoms in total. The van der Waals surface area contributed by atoms with Crippen LogP contribution in [0.25, 0.3) is 22.4 Å². The van der Waals surface area contributed by atoms with Crippen molar-refractivity contribution in [2.75, 3.05) is 0 Å². The molecule has 1 heteroatoms. The highest BCUT2D eigenvalue weighted by Gasteiger charge is 2.05. The van der Waals surface area contributed by atoms with E-state index in [2.05, 4.69) is 85.7 Å². The highest BCUT2D eigenvalue weighted by molar-refractivity contribution is 5.71. The topological polar surface area (TPSA) is 15.8 Å². The molecular formula is C20H21N. The highest BCUT2D eigenvalue weighted by Crippen LogP contribution is 2.26. The van der Waals surface area contributed by atoms with E-state index >= 15 is 0 Å². The molecule has 3 aromatic rings. The van der Waals surface area contributed by atoms with Gasteiger partial charge in [0, 0.05) is 11.9 Å². The summed E-state index contributed by atoms with van der Waals surface area (Å²) in [6, 6.07) is 21.5. The van der Waals surface area contributed by atoms with E-state index in [0.29, 0.717) is 5.92 Å². The molecule has 1 aromatic heterocycles. The lowest BCUT2D eigenvalue weighted by Crippen LogP contribution is -1.90. The minimum absolute atomic E-state index is 0.685. The molecule has 0 aliphatic carbocycles. The van der Waals surface area contributed by atoms with Gasteiger partial charge in [-0.1, -0.05) is 62.4 Å². The molecule has 0 aliphatic rings. The van der Waals surface area contributed by atoms with Crippen LogP contribution in [0, 0.1) is 5.92 Å². The van der Waals surface area contributed by atoms with Crippen molar-refractivity contribution in [3.63, 3.8) is 0 Å². The molecule has 0 unspecified atom stereocenters. The Kier molecular flexibility index (Phi) is 3.92. The zero-order valence-electron chi connectivity index (χ0n) is 12.6. The van der Waals surface area contributed by atoms with Gasteiger partial charge in [0.05, 0.1) is 0 Å². The molecule has 0 radical (unpaired) electrons. The predicted octanol–water partition coefficient (Wildman–Crippen LogP) is 5.55. The van der Waals surface area contributed by atoms with Crippen LogP contribution < -0.4 is 0 Å². The van der Waals surface area contributed by atoms with Crippen LogP contribution in [0.4, 0.5) is 0 Å². The molecular weight excluding hydrogens is 254 g/mol. The SMILES string of the molecule is CC(C)Cc1c[nH]c(-c2cccc(-c3ccccc3)c2)c1. The smallest absolute Gasteiger partial charge is 0.0456 e. The van der Waals surface area contributed by atoms with E-state index in [9.17, 15) is 0 Å². The molecule has 3 rings (SSSR count). The van der Waals surface area contributed by atoms with Crippen molar-refractivity contribution in [3.05, 3.63) is 72.4 Å². The van der Waals surface area contributed by atoms with Crippen LogP contribution in [0.5, 0.6) is 0 Å². The van der Waals surface area contributed by atoms with Crippen LogP contribution in [0.15, 0.2) is 66.9 Å². The van der Waals surface area contributed by atoms with Gasteiger partial charge in [-0.25, -0.2) is 0 Å². The van der Waals surface area contributed by atoms with Gasteiger partial charge in [-0.3, -0.25) is 0 Å². The summed E-state index contributed by atoms with van der Waals surface area (Å²) in [6.07, 6.45) is 3.25. The van der Waals surface area contributed by atoms with Gasteiger partial charge in [-0.05, 0) is 46.7 Å². The van der Waals surface area contributed by atoms with Crippen LogP contribution in [0.1, 0.15) is 19.4 Å². The van der Waals surface area contributed by atoms with Crippen molar-refractivity contribution in [1.29, 1.82) is 0 Å². The maximum atomic E-state index is 3.41. The quantitative estimate of drug-likeness (QED) is 0.642. The summed E-state index contributed by atoms with van der Waals surface area (Å²) in [4.78, 5) is 3.41. The maximum Gasteiger partial charge on any atom is 0.0456 e. The first kappa shape index (κ1) is 13.7. The number of hydrogen-bond acceptors (Lipinski definition) is 0. The van der Waals surface area contributed by atoms with E-state index in [4.69, 9.17) is 0 Å². The van der Waals surface area contributed by atoms with Gasteiger partial charge in [-0.15, -0.1) is 0 Å². The van der Waals surface area contributed by atoms with Gasteiger partial charge >= 0.3 is 0 Å². The van der Waals surface area contributed by atoms with E-state index in [-0.39, 0.29) is 0 Å². The molecule has 1 heterocycles. The fourth-order valence-electron chi connectivity index (χ4n) is 2.69. The van der Waals surface area contributed by atoms with Crippen LogP contribution in [0.2, 0.25) is 0 Å². The van der Waals surface area contributed by atoms with E-state index in [1.807, 2.05) is 0 Å². The third-order valence-corrected chi connectivity index (χ3v) is 3.67. The van der Waals surface area contributed by atoms with Gasteiger partial charge in [0.15, 0.2) is 0 Å². The number of benzene rings is 2. The fraction of sp³-hybridized carbons (Fsp3) is 0.200. The summed E-state index contributed by atoms with van der Waals surface area (Å²) in [7, 11) is 0. The molecule has 2 aromatic carbocycles. The van der Waals surface area contributed by atoms with Crippen molar-refractivity contribution < 1.29 is 0 Å². The standard InChI is InChI=1S/C20H21N/c1-15(2)11-16-12-20(21-14-16)19-10-6-9-18(13-19)17-7-4-3-5-8-17/h3-10,12-15,21H,11H2,1-2H3. The van der Waals surface area contributed by atoms with Gasteiger partial charge < -0.3 is 4.98 Å². The Labute approximate surface area is 126 Å². The Hall–Kier alpha value is -2.28. The second kappa shape index (κ2) is 6.01. The molecule has 0 atom stereocenters. The Morgan fingerprint density at radius 1 is 0.810 bits per heavy atom. The zero-order valence-corrected chi connectivity index (χ0v) is 12.6. The molecule has 0 amide bonds. The molecule has 106 valence electrons. The lowest BCUT2D eigenvalue weighted by Gasteiger charge is -2.04. The first-order chi connectivity index (χ1) is 10.2. The zero-order chi connectivity index (χ0) is 14.7. The third-order valence-electron chi connectivity index (χ3n) is 3.67. The number of aromatic amines is 1. The van der Waals surface area contributed by atoms with E-state index in [1.54, 1.807) is 0 Å². The first-order valence-corrected chi connectivity index (χ1v) is 7.55. The van der Waals surface area contributed by atoms with E-state index in [1.165, 1.54) is 27.9 Å². The summed E-state index contributed by atoms with van der Waals surface area (Å²) >= 11 is 0. The number of hydrogen-bond donors (Lipinski definition) is 1. The van der Waals surface area contributed by atoms with Crippen molar-refractivity contribution in [3.8, 4) is 22.4 Å². The fourth-order valence-corrected chi connectivity index (χ4v) is 2.69. The van der Waals surface area contributed by atoms with E-state index in [0.717, 1.165) is 6.42 Å². The van der Waals surface area contributed by atoms with Crippen molar-refractivity contribution in [2.45, 2.75) is 20.3 Å². The summed E-state index contributed by atoms with van der Waals surface area (Å²) in [5.41, 5.74) is 6.33. The number of rotatable bonds is 4. The summed E-state index contributed by atoms with van der Waals surface area (Å²) in [6.45, 7) is 4.51. The number of H-pyrrole nitrogens is 1. The second-order valence-electron chi connectivity index (χ2n) is 5.97. The highest BCUT2D eigenvalue weighted by atomic mass is 14.7. The molecule has 1 N–H and O–H groups in total. The average molecular weight is 275 g/mol.